The standard InChI is InChI=1S/C10H8OS2/c1-6-2-7-3-8(5-11)13-10(7)4-9(6)12/h2-5,12H,1H3. The Morgan fingerprint density at radius 2 is 2.15 bits per heavy atom. The summed E-state index contributed by atoms with van der Waals surface area (Å²) in [5.41, 5.74) is 1.14. The molecule has 3 heteroatoms. The van der Waals surface area contributed by atoms with Gasteiger partial charge in [-0.15, -0.1) is 24.0 Å². The number of aryl methyl sites for hydroxylation is 1. The van der Waals surface area contributed by atoms with Crippen LogP contribution in [-0.4, -0.2) is 6.29 Å². The quantitative estimate of drug-likeness (QED) is 0.562. The maximum absolute atomic E-state index is 10.5. The number of aldehydes is 1. The molecule has 0 aliphatic carbocycles. The molecule has 0 spiro atoms. The molecule has 0 aliphatic rings. The van der Waals surface area contributed by atoms with E-state index in [9.17, 15) is 4.79 Å². The lowest BCUT2D eigenvalue weighted by molar-refractivity contribution is 0.112. The summed E-state index contributed by atoms with van der Waals surface area (Å²) in [5, 5.41) is 1.13. The monoisotopic (exact) mass is 208 g/mol. The van der Waals surface area contributed by atoms with Crippen molar-refractivity contribution in [3.63, 3.8) is 0 Å². The van der Waals surface area contributed by atoms with Crippen LogP contribution in [0.1, 0.15) is 15.2 Å². The zero-order valence-corrected chi connectivity index (χ0v) is 8.78. The van der Waals surface area contributed by atoms with E-state index in [2.05, 4.69) is 18.7 Å². The van der Waals surface area contributed by atoms with Crippen LogP contribution in [0.4, 0.5) is 0 Å². The van der Waals surface area contributed by atoms with E-state index in [1.165, 1.54) is 11.3 Å². The maximum atomic E-state index is 10.5. The van der Waals surface area contributed by atoms with Gasteiger partial charge in [0.05, 0.1) is 4.88 Å². The molecule has 1 aromatic heterocycles. The smallest absolute Gasteiger partial charge is 0.160 e. The third kappa shape index (κ3) is 1.49. The van der Waals surface area contributed by atoms with Gasteiger partial charge in [0.2, 0.25) is 0 Å². The average Bonchev–Trinajstić information content (AvgIpc) is 2.48. The van der Waals surface area contributed by atoms with E-state index in [1.54, 1.807) is 0 Å². The zero-order chi connectivity index (χ0) is 9.42. The summed E-state index contributed by atoms with van der Waals surface area (Å²) in [6.07, 6.45) is 0.887. The molecule has 0 radical (unpaired) electrons. The number of carbonyl (C=O) groups excluding carboxylic acids is 1. The predicted octanol–water partition coefficient (Wildman–Crippen LogP) is 3.31. The predicted molar refractivity (Wildman–Crippen MR) is 59.2 cm³/mol. The first-order chi connectivity index (χ1) is 6.20. The van der Waals surface area contributed by atoms with E-state index < -0.39 is 0 Å². The molecular formula is C10H8OS2. The zero-order valence-electron chi connectivity index (χ0n) is 7.07. The van der Waals surface area contributed by atoms with Crippen LogP contribution >= 0.6 is 24.0 Å². The summed E-state index contributed by atoms with van der Waals surface area (Å²) >= 11 is 5.83. The van der Waals surface area contributed by atoms with E-state index in [1.807, 2.05) is 19.1 Å². The molecule has 0 fully saturated rings. The number of thiophene rings is 1. The van der Waals surface area contributed by atoms with Crippen molar-refractivity contribution in [2.24, 2.45) is 0 Å². The molecule has 0 unspecified atom stereocenters. The molecule has 0 bridgehead atoms. The van der Waals surface area contributed by atoms with Crippen molar-refractivity contribution in [2.75, 3.05) is 0 Å². The van der Waals surface area contributed by atoms with E-state index in [0.29, 0.717) is 0 Å². The van der Waals surface area contributed by atoms with Gasteiger partial charge in [-0.05, 0) is 36.1 Å². The van der Waals surface area contributed by atoms with Gasteiger partial charge in [-0.2, -0.15) is 0 Å². The van der Waals surface area contributed by atoms with E-state index in [0.717, 1.165) is 31.7 Å². The van der Waals surface area contributed by atoms with Gasteiger partial charge in [-0.1, -0.05) is 0 Å². The molecule has 0 amide bonds. The fraction of sp³-hybridized carbons (Fsp3) is 0.100. The number of carbonyl (C=O) groups is 1. The number of hydrogen-bond acceptors (Lipinski definition) is 3. The van der Waals surface area contributed by atoms with Gasteiger partial charge in [-0.3, -0.25) is 4.79 Å². The van der Waals surface area contributed by atoms with Gasteiger partial charge in [0.1, 0.15) is 0 Å². The van der Waals surface area contributed by atoms with E-state index >= 15 is 0 Å². The molecule has 0 N–H and O–H groups in total. The summed E-state index contributed by atoms with van der Waals surface area (Å²) in [7, 11) is 0. The number of thiol groups is 1. The van der Waals surface area contributed by atoms with Crippen molar-refractivity contribution in [2.45, 2.75) is 11.8 Å². The van der Waals surface area contributed by atoms with Crippen LogP contribution < -0.4 is 0 Å². The largest absolute Gasteiger partial charge is 0.297 e. The van der Waals surface area contributed by atoms with E-state index in [4.69, 9.17) is 0 Å². The fourth-order valence-electron chi connectivity index (χ4n) is 1.27. The molecule has 2 aromatic rings. The van der Waals surface area contributed by atoms with Crippen molar-refractivity contribution in [1.29, 1.82) is 0 Å². The first kappa shape index (κ1) is 8.78. The molecule has 1 aromatic carbocycles. The molecule has 0 saturated carbocycles. The van der Waals surface area contributed by atoms with Crippen molar-refractivity contribution in [1.82, 2.24) is 0 Å². The van der Waals surface area contributed by atoms with Gasteiger partial charge in [0, 0.05) is 9.60 Å². The Morgan fingerprint density at radius 1 is 1.38 bits per heavy atom. The highest BCUT2D eigenvalue weighted by Crippen LogP contribution is 2.28. The summed E-state index contributed by atoms with van der Waals surface area (Å²) in [5.74, 6) is 0. The Hall–Kier alpha value is -0.800. The van der Waals surface area contributed by atoms with Crippen molar-refractivity contribution in [3.05, 3.63) is 28.6 Å². The second-order valence-electron chi connectivity index (χ2n) is 2.94. The van der Waals surface area contributed by atoms with Gasteiger partial charge < -0.3 is 0 Å². The number of benzene rings is 1. The fourth-order valence-corrected chi connectivity index (χ4v) is 2.45. The minimum absolute atomic E-state index is 0.772. The Labute approximate surface area is 85.8 Å². The summed E-state index contributed by atoms with van der Waals surface area (Å²) < 4.78 is 1.12. The minimum Gasteiger partial charge on any atom is -0.297 e. The molecular weight excluding hydrogens is 200 g/mol. The molecule has 66 valence electrons. The second-order valence-corrected chi connectivity index (χ2v) is 4.54. The molecule has 1 heterocycles. The molecule has 0 aliphatic heterocycles. The van der Waals surface area contributed by atoms with Gasteiger partial charge in [0.15, 0.2) is 6.29 Å². The third-order valence-corrected chi connectivity index (χ3v) is 3.48. The Balaban J connectivity index is 2.77. The highest BCUT2D eigenvalue weighted by Gasteiger charge is 2.02. The van der Waals surface area contributed by atoms with Gasteiger partial charge in [-0.25, -0.2) is 0 Å². The Kier molecular flexibility index (Phi) is 2.14. The molecule has 1 nitrogen and oxygen atoms in total. The maximum Gasteiger partial charge on any atom is 0.160 e. The second kappa shape index (κ2) is 3.16. The number of rotatable bonds is 1. The van der Waals surface area contributed by atoms with Crippen LogP contribution in [-0.2, 0) is 0 Å². The van der Waals surface area contributed by atoms with Crippen LogP contribution in [0, 0.1) is 6.92 Å². The number of hydrogen-bond donors (Lipinski definition) is 1. The lowest BCUT2D eigenvalue weighted by atomic mass is 10.2. The average molecular weight is 208 g/mol. The van der Waals surface area contributed by atoms with Crippen molar-refractivity contribution in [3.8, 4) is 0 Å². The lowest BCUT2D eigenvalue weighted by Crippen LogP contribution is -1.73. The summed E-state index contributed by atoms with van der Waals surface area (Å²) in [6, 6.07) is 5.97. The normalized spacial score (nSPS) is 10.6. The number of fused-ring (bicyclic) bond motifs is 1. The van der Waals surface area contributed by atoms with Crippen molar-refractivity contribution >= 4 is 40.3 Å². The highest BCUT2D eigenvalue weighted by atomic mass is 32.1. The van der Waals surface area contributed by atoms with Gasteiger partial charge >= 0.3 is 0 Å². The highest BCUT2D eigenvalue weighted by molar-refractivity contribution is 7.80. The van der Waals surface area contributed by atoms with Crippen LogP contribution in [0.25, 0.3) is 10.1 Å². The summed E-state index contributed by atoms with van der Waals surface area (Å²) in [6.45, 7) is 2.01. The molecule has 0 atom stereocenters. The lowest BCUT2D eigenvalue weighted by Gasteiger charge is -1.97. The minimum atomic E-state index is 0.772. The topological polar surface area (TPSA) is 17.1 Å². The first-order valence-electron chi connectivity index (χ1n) is 3.89. The SMILES string of the molecule is Cc1cc2cc(C=O)sc2cc1S. The van der Waals surface area contributed by atoms with Crippen LogP contribution in [0.5, 0.6) is 0 Å². The third-order valence-electron chi connectivity index (χ3n) is 1.97. The Bertz CT molecular complexity index is 432. The van der Waals surface area contributed by atoms with Crippen molar-refractivity contribution < 1.29 is 4.79 Å². The molecule has 0 saturated heterocycles. The van der Waals surface area contributed by atoms with Crippen LogP contribution in [0.15, 0.2) is 23.1 Å². The summed E-state index contributed by atoms with van der Waals surface area (Å²) in [4.78, 5) is 12.3. The van der Waals surface area contributed by atoms with E-state index in [-0.39, 0.29) is 0 Å². The Morgan fingerprint density at radius 3 is 2.85 bits per heavy atom. The van der Waals surface area contributed by atoms with Crippen LogP contribution in [0.3, 0.4) is 0 Å². The molecule has 13 heavy (non-hydrogen) atoms. The molecule has 2 rings (SSSR count). The van der Waals surface area contributed by atoms with Crippen LogP contribution in [0.2, 0.25) is 0 Å². The van der Waals surface area contributed by atoms with Gasteiger partial charge in [0.25, 0.3) is 0 Å². The first-order valence-corrected chi connectivity index (χ1v) is 5.15.